The van der Waals surface area contributed by atoms with E-state index in [9.17, 15) is 20.1 Å². The van der Waals surface area contributed by atoms with Crippen molar-refractivity contribution in [2.45, 2.75) is 42.4 Å². The maximum absolute atomic E-state index is 12.5. The third-order valence-electron chi connectivity index (χ3n) is 6.36. The number of phenols is 1. The van der Waals surface area contributed by atoms with E-state index in [0.29, 0.717) is 28.2 Å². The zero-order valence-electron chi connectivity index (χ0n) is 14.3. The van der Waals surface area contributed by atoms with E-state index in [-0.39, 0.29) is 23.5 Å². The fourth-order valence-corrected chi connectivity index (χ4v) is 5.15. The van der Waals surface area contributed by atoms with Gasteiger partial charge in [-0.2, -0.15) is 0 Å². The lowest BCUT2D eigenvalue weighted by molar-refractivity contribution is -0.389. The quantitative estimate of drug-likeness (QED) is 0.577. The zero-order valence-corrected chi connectivity index (χ0v) is 14.3. The minimum Gasteiger partial charge on any atom is -0.508 e. The Balaban J connectivity index is 1.60. The van der Waals surface area contributed by atoms with Crippen molar-refractivity contribution in [3.05, 3.63) is 52.6 Å². The third kappa shape index (κ3) is 1.43. The Morgan fingerprint density at radius 1 is 1.00 bits per heavy atom. The van der Waals surface area contributed by atoms with Gasteiger partial charge in [-0.15, -0.1) is 0 Å². The van der Waals surface area contributed by atoms with Gasteiger partial charge < -0.3 is 29.5 Å². The van der Waals surface area contributed by atoms with Crippen LogP contribution in [-0.2, 0) is 21.0 Å². The molecule has 0 radical (unpaired) electrons. The number of aromatic hydroxyl groups is 1. The van der Waals surface area contributed by atoms with Gasteiger partial charge in [0.15, 0.2) is 11.9 Å². The number of benzene rings is 2. The largest absolute Gasteiger partial charge is 0.508 e. The molecule has 2 bridgehead atoms. The number of rotatable bonds is 0. The predicted molar refractivity (Wildman–Crippen MR) is 88.8 cm³/mol. The summed E-state index contributed by atoms with van der Waals surface area (Å²) in [5.41, 5.74) is 1.31. The van der Waals surface area contributed by atoms with Crippen LogP contribution in [-0.4, -0.2) is 39.4 Å². The van der Waals surface area contributed by atoms with Crippen LogP contribution >= 0.6 is 0 Å². The first-order valence-corrected chi connectivity index (χ1v) is 9.09. The molecular weight excluding hydrogens is 368 g/mol. The maximum atomic E-state index is 12.5. The summed E-state index contributed by atoms with van der Waals surface area (Å²) in [4.78, 5) is 12.5. The molecule has 6 atom stereocenters. The molecule has 8 heteroatoms. The van der Waals surface area contributed by atoms with Gasteiger partial charge in [-0.25, -0.2) is 0 Å². The average Bonchev–Trinajstić information content (AvgIpc) is 3.48. The number of ketones is 1. The molecule has 0 unspecified atom stereocenters. The molecule has 8 nitrogen and oxygen atoms in total. The van der Waals surface area contributed by atoms with E-state index in [1.807, 2.05) is 0 Å². The summed E-state index contributed by atoms with van der Waals surface area (Å²) in [7, 11) is 0. The second-order valence-electron chi connectivity index (χ2n) is 7.80. The molecule has 2 aliphatic carbocycles. The highest BCUT2D eigenvalue weighted by molar-refractivity contribution is 6.00. The van der Waals surface area contributed by atoms with Crippen molar-refractivity contribution in [1.82, 2.24) is 0 Å². The van der Waals surface area contributed by atoms with Gasteiger partial charge in [-0.1, -0.05) is 12.1 Å². The monoisotopic (exact) mass is 382 g/mol. The lowest BCUT2D eigenvalue weighted by atomic mass is 9.77. The van der Waals surface area contributed by atoms with Crippen LogP contribution in [0.3, 0.4) is 0 Å². The number of aliphatic hydroxyl groups excluding tert-OH is 2. The number of fused-ring (bicyclic) bond motifs is 1. The molecule has 3 heterocycles. The number of carbonyl (C=O) groups excluding carboxylic acids is 1. The second-order valence-corrected chi connectivity index (χ2v) is 7.80. The first-order chi connectivity index (χ1) is 13.5. The molecular formula is C20H14O8. The summed E-state index contributed by atoms with van der Waals surface area (Å²) in [6.45, 7) is 0. The van der Waals surface area contributed by atoms with E-state index in [2.05, 4.69) is 0 Å². The molecule has 1 fully saturated rings. The van der Waals surface area contributed by atoms with E-state index in [0.717, 1.165) is 0 Å². The molecule has 5 aliphatic rings. The Bertz CT molecular complexity index is 1110. The van der Waals surface area contributed by atoms with E-state index in [1.54, 1.807) is 24.3 Å². The van der Waals surface area contributed by atoms with Crippen LogP contribution in [0.25, 0.3) is 0 Å². The van der Waals surface area contributed by atoms with Crippen LogP contribution in [0.15, 0.2) is 30.3 Å². The molecule has 0 aromatic heterocycles. The Kier molecular flexibility index (Phi) is 2.37. The van der Waals surface area contributed by atoms with Crippen molar-refractivity contribution in [2.24, 2.45) is 0 Å². The number of carbonyl (C=O) groups is 1. The lowest BCUT2D eigenvalue weighted by Crippen LogP contribution is -2.65. The molecule has 2 spiro atoms. The van der Waals surface area contributed by atoms with Crippen molar-refractivity contribution in [2.75, 3.05) is 0 Å². The summed E-state index contributed by atoms with van der Waals surface area (Å²) >= 11 is 0. The van der Waals surface area contributed by atoms with Gasteiger partial charge in [0.05, 0.1) is 11.1 Å². The second kappa shape index (κ2) is 4.33. The van der Waals surface area contributed by atoms with E-state index in [1.165, 1.54) is 6.07 Å². The highest BCUT2D eigenvalue weighted by Gasteiger charge is 2.75. The van der Waals surface area contributed by atoms with E-state index in [4.69, 9.17) is 18.9 Å². The Morgan fingerprint density at radius 3 is 2.64 bits per heavy atom. The first kappa shape index (κ1) is 15.3. The molecule has 3 aliphatic heterocycles. The van der Waals surface area contributed by atoms with Crippen molar-refractivity contribution < 1.29 is 39.1 Å². The number of hydrogen-bond acceptors (Lipinski definition) is 8. The fourth-order valence-electron chi connectivity index (χ4n) is 5.15. The minimum absolute atomic E-state index is 0.120. The minimum atomic E-state index is -1.64. The van der Waals surface area contributed by atoms with Gasteiger partial charge in [0.2, 0.25) is 0 Å². The predicted octanol–water partition coefficient (Wildman–Crippen LogP) is 0.961. The molecule has 7 rings (SSSR count). The number of epoxide rings is 1. The van der Waals surface area contributed by atoms with Crippen molar-refractivity contribution in [3.63, 3.8) is 0 Å². The molecule has 28 heavy (non-hydrogen) atoms. The van der Waals surface area contributed by atoms with Gasteiger partial charge in [0.1, 0.15) is 35.6 Å². The molecule has 142 valence electrons. The topological polar surface area (TPSA) is 118 Å². The normalized spacial score (nSPS) is 40.4. The van der Waals surface area contributed by atoms with Crippen molar-refractivity contribution in [3.8, 4) is 17.2 Å². The maximum Gasteiger partial charge on any atom is 0.274 e. The first-order valence-electron chi connectivity index (χ1n) is 9.09. The van der Waals surface area contributed by atoms with Gasteiger partial charge >= 0.3 is 0 Å². The van der Waals surface area contributed by atoms with Crippen LogP contribution in [0.4, 0.5) is 0 Å². The Morgan fingerprint density at radius 2 is 1.79 bits per heavy atom. The Hall–Kier alpha value is -2.65. The number of phenolic OH excluding ortho intramolecular Hbond substituents is 1. The zero-order chi connectivity index (χ0) is 19.0. The lowest BCUT2D eigenvalue weighted by Gasteiger charge is -2.55. The Labute approximate surface area is 157 Å². The van der Waals surface area contributed by atoms with Gasteiger partial charge in [-0.3, -0.25) is 9.53 Å². The van der Waals surface area contributed by atoms with Gasteiger partial charge in [0.25, 0.3) is 11.6 Å². The fraction of sp³-hybridized carbons (Fsp3) is 0.350. The summed E-state index contributed by atoms with van der Waals surface area (Å²) in [5.74, 6) is -2.83. The molecule has 0 saturated carbocycles. The molecule has 3 N–H and O–H groups in total. The summed E-state index contributed by atoms with van der Waals surface area (Å²) in [5, 5.41) is 31.9. The number of ether oxygens (including phenoxy) is 4. The summed E-state index contributed by atoms with van der Waals surface area (Å²) in [6.07, 6.45) is -3.73. The van der Waals surface area contributed by atoms with Crippen molar-refractivity contribution >= 4 is 5.78 Å². The molecule has 1 saturated heterocycles. The number of Topliss-reactive ketones (excluding diaryl/α,β-unsaturated/α-hetero) is 1. The number of hydrogen-bond donors (Lipinski definition) is 3. The van der Waals surface area contributed by atoms with Crippen molar-refractivity contribution in [1.29, 1.82) is 0 Å². The highest BCUT2D eigenvalue weighted by Crippen LogP contribution is 2.66. The molecule has 2 aromatic carbocycles. The summed E-state index contributed by atoms with van der Waals surface area (Å²) < 4.78 is 24.5. The SMILES string of the molecule is O=C1C[C@@H](O)[C@]23Oc4ccc(O)c5c4[C@](Oc4cccc1c42)(O3)[C@@H]1O[C@@H]1[C@@H]5O. The van der Waals surface area contributed by atoms with Crippen LogP contribution in [0.1, 0.15) is 39.6 Å². The standard InChI is InChI=1S/C20H14O8/c21-8-4-5-11-15-13(8)16(24)17-18(25-17)20(15)27-10-3-1-2-7-9(22)6-12(23)19(26-11,28-20)14(7)10/h1-5,12,16-18,21,23-24H,6H2/t12-,16-,17-,18-,19-,20+/m1/s1. The van der Waals surface area contributed by atoms with Crippen LogP contribution in [0.2, 0.25) is 0 Å². The van der Waals surface area contributed by atoms with E-state index < -0.39 is 36.0 Å². The number of aliphatic hydroxyl groups is 2. The van der Waals surface area contributed by atoms with Crippen LogP contribution in [0.5, 0.6) is 17.2 Å². The van der Waals surface area contributed by atoms with Crippen LogP contribution < -0.4 is 9.47 Å². The molecule has 0 amide bonds. The van der Waals surface area contributed by atoms with Crippen LogP contribution in [0, 0.1) is 0 Å². The summed E-state index contributed by atoms with van der Waals surface area (Å²) in [6, 6.07) is 7.99. The third-order valence-corrected chi connectivity index (χ3v) is 6.36. The molecule has 2 aromatic rings. The highest BCUT2D eigenvalue weighted by atomic mass is 16.8. The average molecular weight is 382 g/mol. The van der Waals surface area contributed by atoms with Gasteiger partial charge in [-0.05, 0) is 18.2 Å². The van der Waals surface area contributed by atoms with E-state index >= 15 is 0 Å². The smallest absolute Gasteiger partial charge is 0.274 e. The van der Waals surface area contributed by atoms with Gasteiger partial charge in [0, 0.05) is 17.5 Å².